The second kappa shape index (κ2) is 3.27. The van der Waals surface area contributed by atoms with Gasteiger partial charge in [0.15, 0.2) is 0 Å². The Balaban J connectivity index is 2.03. The first kappa shape index (κ1) is 8.97. The first-order valence-corrected chi connectivity index (χ1v) is 4.68. The molecular weight excluding hydrogens is 170 g/mol. The van der Waals surface area contributed by atoms with Crippen LogP contribution >= 0.6 is 0 Å². The van der Waals surface area contributed by atoms with Gasteiger partial charge in [0.25, 0.3) is 0 Å². The predicted molar refractivity (Wildman–Crippen MR) is 46.3 cm³/mol. The lowest BCUT2D eigenvalue weighted by Crippen LogP contribution is -2.51. The largest absolute Gasteiger partial charge is 0.481 e. The summed E-state index contributed by atoms with van der Waals surface area (Å²) in [6.07, 6.45) is 0. The lowest BCUT2D eigenvalue weighted by Gasteiger charge is -2.45. The van der Waals surface area contributed by atoms with Gasteiger partial charge in [0.1, 0.15) is 0 Å². The van der Waals surface area contributed by atoms with Gasteiger partial charge in [-0.05, 0) is 24.9 Å². The minimum absolute atomic E-state index is 0.181. The number of hydrogen-bond donors (Lipinski definition) is 2. The van der Waals surface area contributed by atoms with Gasteiger partial charge >= 0.3 is 5.97 Å². The van der Waals surface area contributed by atoms with Crippen molar-refractivity contribution in [2.75, 3.05) is 26.8 Å². The van der Waals surface area contributed by atoms with E-state index < -0.39 is 5.97 Å². The maximum absolute atomic E-state index is 10.9. The van der Waals surface area contributed by atoms with E-state index in [9.17, 15) is 4.79 Å². The molecule has 0 aromatic carbocycles. The van der Waals surface area contributed by atoms with E-state index in [2.05, 4.69) is 5.32 Å². The molecule has 1 heterocycles. The third-order valence-corrected chi connectivity index (χ3v) is 3.43. The van der Waals surface area contributed by atoms with Crippen molar-refractivity contribution in [2.24, 2.45) is 23.7 Å². The van der Waals surface area contributed by atoms with Gasteiger partial charge in [-0.15, -0.1) is 0 Å². The molecule has 1 aliphatic carbocycles. The molecule has 4 atom stereocenters. The van der Waals surface area contributed by atoms with Crippen LogP contribution in [0.1, 0.15) is 0 Å². The highest BCUT2D eigenvalue weighted by molar-refractivity contribution is 5.72. The Bertz CT molecular complexity index is 219. The van der Waals surface area contributed by atoms with Crippen LogP contribution in [-0.4, -0.2) is 37.9 Å². The Hall–Kier alpha value is -0.610. The van der Waals surface area contributed by atoms with Crippen LogP contribution in [0.3, 0.4) is 0 Å². The molecule has 1 saturated heterocycles. The average molecular weight is 185 g/mol. The maximum Gasteiger partial charge on any atom is 0.307 e. The summed E-state index contributed by atoms with van der Waals surface area (Å²) in [6.45, 7) is 2.41. The third kappa shape index (κ3) is 1.25. The molecule has 0 amide bonds. The summed E-state index contributed by atoms with van der Waals surface area (Å²) in [7, 11) is 1.63. The molecular formula is C9H15NO3. The molecule has 0 aromatic rings. The van der Waals surface area contributed by atoms with Gasteiger partial charge in [-0.1, -0.05) is 0 Å². The van der Waals surface area contributed by atoms with E-state index in [1.54, 1.807) is 7.11 Å². The van der Waals surface area contributed by atoms with Gasteiger partial charge in [0.2, 0.25) is 0 Å². The minimum Gasteiger partial charge on any atom is -0.481 e. The number of carboxylic acids is 1. The predicted octanol–water partition coefficient (Wildman–Crippen LogP) is -0.201. The van der Waals surface area contributed by atoms with E-state index >= 15 is 0 Å². The van der Waals surface area contributed by atoms with Gasteiger partial charge in [-0.2, -0.15) is 0 Å². The van der Waals surface area contributed by atoms with Crippen molar-refractivity contribution in [3.8, 4) is 0 Å². The maximum atomic E-state index is 10.9. The zero-order chi connectivity index (χ0) is 9.42. The summed E-state index contributed by atoms with van der Waals surface area (Å²) < 4.78 is 5.04. The number of hydrogen-bond acceptors (Lipinski definition) is 3. The lowest BCUT2D eigenvalue weighted by atomic mass is 9.58. The van der Waals surface area contributed by atoms with Gasteiger partial charge in [0.05, 0.1) is 12.5 Å². The topological polar surface area (TPSA) is 58.6 Å². The highest BCUT2D eigenvalue weighted by Crippen LogP contribution is 2.48. The Kier molecular flexibility index (Phi) is 2.26. The van der Waals surface area contributed by atoms with Crippen LogP contribution in [0.5, 0.6) is 0 Å². The number of nitrogens with one attached hydrogen (secondary N) is 1. The Morgan fingerprint density at radius 1 is 1.54 bits per heavy atom. The number of ether oxygens (including phenoxy) is 1. The number of aliphatic carboxylic acids is 1. The molecule has 2 rings (SSSR count). The van der Waals surface area contributed by atoms with Gasteiger partial charge in [0, 0.05) is 13.0 Å². The fraction of sp³-hybridized carbons (Fsp3) is 0.889. The zero-order valence-electron chi connectivity index (χ0n) is 7.69. The number of carbonyl (C=O) groups is 1. The SMILES string of the molecule is COC[C@@H]1[C@H]2CNC[C@H]2[C@@H]1C(=O)O. The molecule has 0 spiro atoms. The summed E-state index contributed by atoms with van der Waals surface area (Å²) >= 11 is 0. The summed E-state index contributed by atoms with van der Waals surface area (Å²) in [6, 6.07) is 0. The van der Waals surface area contributed by atoms with Crippen LogP contribution in [0.2, 0.25) is 0 Å². The molecule has 2 N–H and O–H groups in total. The van der Waals surface area contributed by atoms with Crippen molar-refractivity contribution >= 4 is 5.97 Å². The summed E-state index contributed by atoms with van der Waals surface area (Å²) in [5.74, 6) is 0.258. The molecule has 0 bridgehead atoms. The highest BCUT2D eigenvalue weighted by Gasteiger charge is 2.55. The molecule has 0 unspecified atom stereocenters. The van der Waals surface area contributed by atoms with E-state index in [-0.39, 0.29) is 11.8 Å². The van der Waals surface area contributed by atoms with E-state index in [4.69, 9.17) is 9.84 Å². The molecule has 74 valence electrons. The van der Waals surface area contributed by atoms with Crippen LogP contribution in [0.4, 0.5) is 0 Å². The van der Waals surface area contributed by atoms with Crippen LogP contribution in [0, 0.1) is 23.7 Å². The van der Waals surface area contributed by atoms with E-state index in [0.29, 0.717) is 18.4 Å². The second-order valence-corrected chi connectivity index (χ2v) is 3.97. The molecule has 4 nitrogen and oxygen atoms in total. The van der Waals surface area contributed by atoms with Crippen molar-refractivity contribution < 1.29 is 14.6 Å². The van der Waals surface area contributed by atoms with Crippen LogP contribution < -0.4 is 5.32 Å². The first-order chi connectivity index (χ1) is 6.25. The number of carboxylic acid groups (broad SMARTS) is 1. The van der Waals surface area contributed by atoms with Crippen LogP contribution in [0.15, 0.2) is 0 Å². The van der Waals surface area contributed by atoms with E-state index in [0.717, 1.165) is 13.1 Å². The molecule has 1 saturated carbocycles. The molecule has 0 radical (unpaired) electrons. The Morgan fingerprint density at radius 2 is 2.23 bits per heavy atom. The van der Waals surface area contributed by atoms with Crippen molar-refractivity contribution in [3.05, 3.63) is 0 Å². The standard InChI is InChI=1S/C9H15NO3/c1-13-4-7-5-2-10-3-6(5)8(7)9(11)12/h5-8,10H,2-4H2,1H3,(H,11,12)/t5-,6+,7+,8-/m0/s1. The van der Waals surface area contributed by atoms with Crippen molar-refractivity contribution in [1.82, 2.24) is 5.32 Å². The fourth-order valence-corrected chi connectivity index (χ4v) is 2.81. The number of fused-ring (bicyclic) bond motifs is 1. The number of methoxy groups -OCH3 is 1. The summed E-state index contributed by atoms with van der Waals surface area (Å²) in [5, 5.41) is 12.2. The van der Waals surface area contributed by atoms with Crippen molar-refractivity contribution in [1.29, 1.82) is 0 Å². The van der Waals surface area contributed by atoms with Crippen molar-refractivity contribution in [2.45, 2.75) is 0 Å². The minimum atomic E-state index is -0.660. The average Bonchev–Trinajstić information content (AvgIpc) is 2.44. The summed E-state index contributed by atoms with van der Waals surface area (Å²) in [4.78, 5) is 10.9. The monoisotopic (exact) mass is 185 g/mol. The van der Waals surface area contributed by atoms with Gasteiger partial charge < -0.3 is 15.2 Å². The Morgan fingerprint density at radius 3 is 2.85 bits per heavy atom. The van der Waals surface area contributed by atoms with Gasteiger partial charge in [-0.3, -0.25) is 4.79 Å². The zero-order valence-corrected chi connectivity index (χ0v) is 7.69. The van der Waals surface area contributed by atoms with E-state index in [1.807, 2.05) is 0 Å². The third-order valence-electron chi connectivity index (χ3n) is 3.43. The van der Waals surface area contributed by atoms with Gasteiger partial charge in [-0.25, -0.2) is 0 Å². The molecule has 4 heteroatoms. The molecule has 1 aliphatic heterocycles. The molecule has 2 aliphatic rings. The van der Waals surface area contributed by atoms with E-state index in [1.165, 1.54) is 0 Å². The highest BCUT2D eigenvalue weighted by atomic mass is 16.5. The quantitative estimate of drug-likeness (QED) is 0.639. The fourth-order valence-electron chi connectivity index (χ4n) is 2.81. The Labute approximate surface area is 77.3 Å². The smallest absolute Gasteiger partial charge is 0.307 e. The molecule has 0 aromatic heterocycles. The number of rotatable bonds is 3. The lowest BCUT2D eigenvalue weighted by molar-refractivity contribution is -0.159. The van der Waals surface area contributed by atoms with Crippen molar-refractivity contribution in [3.63, 3.8) is 0 Å². The first-order valence-electron chi connectivity index (χ1n) is 4.68. The molecule has 2 fully saturated rings. The second-order valence-electron chi connectivity index (χ2n) is 3.97. The van der Waals surface area contributed by atoms with Crippen LogP contribution in [-0.2, 0) is 9.53 Å². The molecule has 13 heavy (non-hydrogen) atoms. The normalized spacial score (nSPS) is 42.5. The van der Waals surface area contributed by atoms with Crippen LogP contribution in [0.25, 0.3) is 0 Å². The summed E-state index contributed by atoms with van der Waals surface area (Å²) in [5.41, 5.74) is 0.